The van der Waals surface area contributed by atoms with Crippen LogP contribution < -0.4 is 20.9 Å². The quantitative estimate of drug-likeness (QED) is 0.501. The third-order valence-corrected chi connectivity index (χ3v) is 7.68. The molecule has 1 unspecified atom stereocenters. The fraction of sp³-hybridized carbons (Fsp3) is 0.652. The van der Waals surface area contributed by atoms with E-state index in [2.05, 4.69) is 45.1 Å². The molecule has 1 aliphatic heterocycles. The Morgan fingerprint density at radius 3 is 2.60 bits per heavy atom. The summed E-state index contributed by atoms with van der Waals surface area (Å²) in [5.41, 5.74) is 2.37. The van der Waals surface area contributed by atoms with Crippen molar-refractivity contribution in [1.82, 2.24) is 16.0 Å². The first-order valence-electron chi connectivity index (χ1n) is 11.2. The van der Waals surface area contributed by atoms with Crippen LogP contribution in [-0.2, 0) is 11.3 Å². The van der Waals surface area contributed by atoms with Crippen molar-refractivity contribution in [2.24, 2.45) is 5.92 Å². The van der Waals surface area contributed by atoms with Crippen molar-refractivity contribution < 1.29 is 4.79 Å². The predicted molar refractivity (Wildman–Crippen MR) is 132 cm³/mol. The van der Waals surface area contributed by atoms with Gasteiger partial charge in [0.2, 0.25) is 5.91 Å². The molecule has 2 atom stereocenters. The minimum absolute atomic E-state index is 0.0608. The van der Waals surface area contributed by atoms with Gasteiger partial charge in [-0.2, -0.15) is 0 Å². The number of thioether (sulfide) groups is 1. The molecule has 1 aliphatic carbocycles. The van der Waals surface area contributed by atoms with Gasteiger partial charge in [-0.25, -0.2) is 0 Å². The van der Waals surface area contributed by atoms with Crippen LogP contribution in [0, 0.1) is 5.92 Å². The topological polar surface area (TPSA) is 56.4 Å². The summed E-state index contributed by atoms with van der Waals surface area (Å²) < 4.78 is 0. The van der Waals surface area contributed by atoms with Crippen LogP contribution in [0.4, 0.5) is 5.69 Å². The molecular formula is C23H36N4OS2. The maximum atomic E-state index is 12.7. The second-order valence-corrected chi connectivity index (χ2v) is 10.3. The number of thiocarbonyl (C=S) groups is 1. The molecule has 0 spiro atoms. The van der Waals surface area contributed by atoms with E-state index in [0.29, 0.717) is 6.54 Å². The van der Waals surface area contributed by atoms with Gasteiger partial charge in [0.05, 0.1) is 11.0 Å². The average molecular weight is 449 g/mol. The first kappa shape index (κ1) is 23.4. The van der Waals surface area contributed by atoms with Crippen LogP contribution >= 0.6 is 24.0 Å². The SMILES string of the molecule is CN(C)c1ccc(CNC(=S)[C@@H](CCC2CCCCC2)NC(=O)C2NCCS2)cc1. The standard InChI is InChI=1S/C23H36N4OS2/c1-27(2)19-11-8-18(9-12-19)16-25-22(29)20(13-10-17-6-4-3-5-7-17)26-21(28)23-24-14-15-30-23/h8-9,11-12,17,20,23-24H,3-7,10,13-16H2,1-2H3,(H,25,29)(H,26,28)/t20-,23?/m1/s1. The second-order valence-electron chi connectivity index (χ2n) is 8.63. The summed E-state index contributed by atoms with van der Waals surface area (Å²) in [6.07, 6.45) is 8.74. The Balaban J connectivity index is 1.55. The Kier molecular flexibility index (Phi) is 9.27. The molecule has 2 fully saturated rings. The molecule has 2 aliphatic rings. The number of benzene rings is 1. The molecule has 0 aromatic heterocycles. The zero-order valence-corrected chi connectivity index (χ0v) is 19.9. The third-order valence-electron chi connectivity index (χ3n) is 6.10. The number of anilines is 1. The number of rotatable bonds is 9. The molecule has 3 rings (SSSR count). The van der Waals surface area contributed by atoms with E-state index < -0.39 is 0 Å². The molecule has 7 heteroatoms. The van der Waals surface area contributed by atoms with Crippen LogP contribution in [-0.4, -0.2) is 48.7 Å². The lowest BCUT2D eigenvalue weighted by atomic mass is 9.85. The van der Waals surface area contributed by atoms with E-state index in [1.807, 2.05) is 14.1 Å². The largest absolute Gasteiger partial charge is 0.378 e. The zero-order chi connectivity index (χ0) is 21.3. The molecule has 5 nitrogen and oxygen atoms in total. The van der Waals surface area contributed by atoms with E-state index in [-0.39, 0.29) is 17.3 Å². The monoisotopic (exact) mass is 448 g/mol. The molecule has 1 saturated heterocycles. The Labute approximate surface area is 191 Å². The number of hydrogen-bond donors (Lipinski definition) is 3. The molecule has 3 N–H and O–H groups in total. The molecule has 0 radical (unpaired) electrons. The summed E-state index contributed by atoms with van der Waals surface area (Å²) >= 11 is 7.41. The van der Waals surface area contributed by atoms with Crippen LogP contribution in [0.1, 0.15) is 50.5 Å². The van der Waals surface area contributed by atoms with E-state index in [4.69, 9.17) is 12.2 Å². The number of hydrogen-bond acceptors (Lipinski definition) is 5. The third kappa shape index (κ3) is 7.13. The molecule has 1 amide bonds. The van der Waals surface area contributed by atoms with E-state index in [1.54, 1.807) is 11.8 Å². The normalized spacial score (nSPS) is 20.5. The summed E-state index contributed by atoms with van der Waals surface area (Å²) in [7, 11) is 4.08. The van der Waals surface area contributed by atoms with Gasteiger partial charge in [0.1, 0.15) is 5.37 Å². The lowest BCUT2D eigenvalue weighted by Crippen LogP contribution is -2.50. The van der Waals surface area contributed by atoms with E-state index in [0.717, 1.165) is 36.0 Å². The van der Waals surface area contributed by atoms with E-state index in [1.165, 1.54) is 43.4 Å². The highest BCUT2D eigenvalue weighted by molar-refractivity contribution is 8.00. The van der Waals surface area contributed by atoms with Crippen molar-refractivity contribution in [3.8, 4) is 0 Å². The predicted octanol–water partition coefficient (Wildman–Crippen LogP) is 3.68. The van der Waals surface area contributed by atoms with Gasteiger partial charge in [0.25, 0.3) is 0 Å². The van der Waals surface area contributed by atoms with Gasteiger partial charge >= 0.3 is 0 Å². The Morgan fingerprint density at radius 1 is 1.23 bits per heavy atom. The highest BCUT2D eigenvalue weighted by Gasteiger charge is 2.27. The minimum atomic E-state index is -0.149. The van der Waals surface area contributed by atoms with Crippen LogP contribution in [0.25, 0.3) is 0 Å². The minimum Gasteiger partial charge on any atom is -0.378 e. The number of carbonyl (C=O) groups excluding carboxylic acids is 1. The highest BCUT2D eigenvalue weighted by Crippen LogP contribution is 2.28. The van der Waals surface area contributed by atoms with Gasteiger partial charge in [-0.15, -0.1) is 11.8 Å². The van der Waals surface area contributed by atoms with Crippen molar-refractivity contribution in [2.75, 3.05) is 31.3 Å². The number of carbonyl (C=O) groups is 1. The Bertz CT molecular complexity index is 683. The maximum Gasteiger partial charge on any atom is 0.248 e. The van der Waals surface area contributed by atoms with Gasteiger partial charge in [0.15, 0.2) is 0 Å². The van der Waals surface area contributed by atoms with Crippen LogP contribution in [0.5, 0.6) is 0 Å². The molecule has 1 saturated carbocycles. The first-order valence-corrected chi connectivity index (χ1v) is 12.7. The maximum absolute atomic E-state index is 12.7. The van der Waals surface area contributed by atoms with Gasteiger partial charge < -0.3 is 15.5 Å². The Hall–Kier alpha value is -1.31. The lowest BCUT2D eigenvalue weighted by molar-refractivity contribution is -0.121. The number of nitrogens with zero attached hydrogens (tertiary/aromatic N) is 1. The summed E-state index contributed by atoms with van der Waals surface area (Å²) in [6, 6.07) is 8.38. The molecule has 1 heterocycles. The van der Waals surface area contributed by atoms with Crippen molar-refractivity contribution >= 4 is 40.6 Å². The molecule has 1 aromatic carbocycles. The van der Waals surface area contributed by atoms with Crippen LogP contribution in [0.2, 0.25) is 0 Å². The zero-order valence-electron chi connectivity index (χ0n) is 18.3. The fourth-order valence-electron chi connectivity index (χ4n) is 4.21. The summed E-state index contributed by atoms with van der Waals surface area (Å²) in [6.45, 7) is 1.57. The van der Waals surface area contributed by atoms with Crippen molar-refractivity contribution in [2.45, 2.75) is 62.9 Å². The summed E-state index contributed by atoms with van der Waals surface area (Å²) in [5, 5.41) is 9.75. The summed E-state index contributed by atoms with van der Waals surface area (Å²) in [4.78, 5) is 15.5. The Morgan fingerprint density at radius 2 is 1.97 bits per heavy atom. The van der Waals surface area contributed by atoms with Gasteiger partial charge in [-0.05, 0) is 36.5 Å². The van der Waals surface area contributed by atoms with Crippen molar-refractivity contribution in [1.29, 1.82) is 0 Å². The van der Waals surface area contributed by atoms with E-state index in [9.17, 15) is 4.79 Å². The second kappa shape index (κ2) is 11.9. The van der Waals surface area contributed by atoms with Crippen molar-refractivity contribution in [3.63, 3.8) is 0 Å². The highest BCUT2D eigenvalue weighted by atomic mass is 32.2. The van der Waals surface area contributed by atoms with Gasteiger partial charge in [-0.1, -0.05) is 56.5 Å². The average Bonchev–Trinajstić information content (AvgIpc) is 3.31. The van der Waals surface area contributed by atoms with Crippen LogP contribution in [0.15, 0.2) is 24.3 Å². The lowest BCUT2D eigenvalue weighted by Gasteiger charge is -2.26. The molecule has 166 valence electrons. The summed E-state index contributed by atoms with van der Waals surface area (Å²) in [5.74, 6) is 1.82. The fourth-order valence-corrected chi connectivity index (χ4v) is 5.39. The molecule has 30 heavy (non-hydrogen) atoms. The van der Waals surface area contributed by atoms with Crippen molar-refractivity contribution in [3.05, 3.63) is 29.8 Å². The van der Waals surface area contributed by atoms with Gasteiger partial charge in [-0.3, -0.25) is 10.1 Å². The molecule has 1 aromatic rings. The molecule has 0 bridgehead atoms. The number of nitrogens with one attached hydrogen (secondary N) is 3. The smallest absolute Gasteiger partial charge is 0.248 e. The first-order chi connectivity index (χ1) is 14.5. The van der Waals surface area contributed by atoms with Crippen LogP contribution in [0.3, 0.4) is 0 Å². The number of amides is 1. The molecular weight excluding hydrogens is 412 g/mol. The van der Waals surface area contributed by atoms with E-state index >= 15 is 0 Å². The van der Waals surface area contributed by atoms with Gasteiger partial charge in [0, 0.05) is 38.6 Å².